The molecule has 0 saturated carbocycles. The van der Waals surface area contributed by atoms with Crippen molar-refractivity contribution in [3.63, 3.8) is 0 Å². The van der Waals surface area contributed by atoms with Crippen molar-refractivity contribution in [2.45, 2.75) is 45.2 Å². The van der Waals surface area contributed by atoms with E-state index in [1.165, 1.54) is 18.6 Å². The summed E-state index contributed by atoms with van der Waals surface area (Å²) >= 11 is 0. The molecule has 1 amide bonds. The quantitative estimate of drug-likeness (QED) is 0.554. The van der Waals surface area contributed by atoms with Gasteiger partial charge in [-0.05, 0) is 75.0 Å². The standard InChI is InChI=1S/C25H31F3N2O/c1-2-3-14-30-15-12-20(13-16-30)23(17-19-8-5-4-6-9-19)24(31)29-22-11-7-10-21(18-22)25(26,27)28/h4-11,18,20,23H,2-3,12-17H2,1H3,(H,29,31)/t23-/m1/s1. The van der Waals surface area contributed by atoms with Crippen LogP contribution in [0.5, 0.6) is 0 Å². The Morgan fingerprint density at radius 2 is 1.81 bits per heavy atom. The molecule has 1 saturated heterocycles. The van der Waals surface area contributed by atoms with Crippen LogP contribution in [0, 0.1) is 11.8 Å². The molecule has 2 aromatic rings. The van der Waals surface area contributed by atoms with Crippen LogP contribution in [0.4, 0.5) is 18.9 Å². The number of nitrogens with one attached hydrogen (secondary N) is 1. The summed E-state index contributed by atoms with van der Waals surface area (Å²) < 4.78 is 39.1. The Morgan fingerprint density at radius 3 is 2.45 bits per heavy atom. The number of benzene rings is 2. The molecule has 6 heteroatoms. The minimum atomic E-state index is -4.44. The van der Waals surface area contributed by atoms with E-state index in [1.54, 1.807) is 0 Å². The summed E-state index contributed by atoms with van der Waals surface area (Å²) in [6.45, 7) is 5.20. The van der Waals surface area contributed by atoms with Crippen LogP contribution in [-0.2, 0) is 17.4 Å². The van der Waals surface area contributed by atoms with Gasteiger partial charge in [-0.25, -0.2) is 0 Å². The molecular weight excluding hydrogens is 401 g/mol. The van der Waals surface area contributed by atoms with Gasteiger partial charge >= 0.3 is 6.18 Å². The third kappa shape index (κ3) is 6.82. The van der Waals surface area contributed by atoms with Gasteiger partial charge in [0.25, 0.3) is 0 Å². The highest BCUT2D eigenvalue weighted by Gasteiger charge is 2.33. The third-order valence-corrected chi connectivity index (χ3v) is 6.12. The summed E-state index contributed by atoms with van der Waals surface area (Å²) in [5.41, 5.74) is 0.507. The maximum atomic E-state index is 13.2. The van der Waals surface area contributed by atoms with Crippen LogP contribution in [0.15, 0.2) is 54.6 Å². The smallest absolute Gasteiger partial charge is 0.326 e. The molecule has 1 aliphatic heterocycles. The van der Waals surface area contributed by atoms with E-state index < -0.39 is 11.7 Å². The molecule has 0 aliphatic carbocycles. The fourth-order valence-electron chi connectivity index (χ4n) is 4.31. The molecule has 0 spiro atoms. The lowest BCUT2D eigenvalue weighted by Gasteiger charge is -2.35. The lowest BCUT2D eigenvalue weighted by molar-refractivity contribution is -0.137. The lowest BCUT2D eigenvalue weighted by atomic mass is 9.80. The molecule has 1 N–H and O–H groups in total. The normalized spacial score (nSPS) is 16.8. The van der Waals surface area contributed by atoms with Crippen molar-refractivity contribution in [1.29, 1.82) is 0 Å². The Labute approximate surface area is 182 Å². The minimum absolute atomic E-state index is 0.193. The first-order valence-corrected chi connectivity index (χ1v) is 11.1. The van der Waals surface area contributed by atoms with Crippen LogP contribution in [0.2, 0.25) is 0 Å². The van der Waals surface area contributed by atoms with E-state index in [4.69, 9.17) is 0 Å². The number of anilines is 1. The number of nitrogens with zero attached hydrogens (tertiary/aromatic N) is 1. The molecule has 0 radical (unpaired) electrons. The number of unbranched alkanes of at least 4 members (excludes halogenated alkanes) is 1. The molecular formula is C25H31F3N2O. The summed E-state index contributed by atoms with van der Waals surface area (Å²) in [4.78, 5) is 15.7. The molecule has 0 unspecified atom stereocenters. The Bertz CT molecular complexity index is 830. The predicted octanol–water partition coefficient (Wildman–Crippen LogP) is 6.01. The summed E-state index contributed by atoms with van der Waals surface area (Å²) in [5.74, 6) is -0.260. The van der Waals surface area contributed by atoms with E-state index in [2.05, 4.69) is 17.1 Å². The molecule has 31 heavy (non-hydrogen) atoms. The van der Waals surface area contributed by atoms with Crippen LogP contribution >= 0.6 is 0 Å². The van der Waals surface area contributed by atoms with Crippen molar-refractivity contribution < 1.29 is 18.0 Å². The SMILES string of the molecule is CCCCN1CCC([C@@H](Cc2ccccc2)C(=O)Nc2cccc(C(F)(F)F)c2)CC1. The highest BCUT2D eigenvalue weighted by atomic mass is 19.4. The van der Waals surface area contributed by atoms with Crippen molar-refractivity contribution in [3.05, 3.63) is 65.7 Å². The maximum Gasteiger partial charge on any atom is 0.416 e. The first-order chi connectivity index (χ1) is 14.9. The first-order valence-electron chi connectivity index (χ1n) is 11.1. The number of hydrogen-bond acceptors (Lipinski definition) is 2. The number of amides is 1. The largest absolute Gasteiger partial charge is 0.416 e. The Hall–Kier alpha value is -2.34. The average molecular weight is 433 g/mol. The van der Waals surface area contributed by atoms with Gasteiger partial charge < -0.3 is 10.2 Å². The zero-order chi connectivity index (χ0) is 22.3. The van der Waals surface area contributed by atoms with E-state index in [0.29, 0.717) is 6.42 Å². The topological polar surface area (TPSA) is 32.3 Å². The Morgan fingerprint density at radius 1 is 1.10 bits per heavy atom. The number of piperidine rings is 1. The number of alkyl halides is 3. The monoisotopic (exact) mass is 432 g/mol. The molecule has 3 rings (SSSR count). The van der Waals surface area contributed by atoms with Gasteiger partial charge in [0.2, 0.25) is 5.91 Å². The Balaban J connectivity index is 1.73. The van der Waals surface area contributed by atoms with Gasteiger partial charge in [0, 0.05) is 11.6 Å². The highest BCUT2D eigenvalue weighted by Crippen LogP contribution is 2.32. The van der Waals surface area contributed by atoms with Crippen LogP contribution in [0.25, 0.3) is 0 Å². The molecule has 1 atom stereocenters. The zero-order valence-corrected chi connectivity index (χ0v) is 18.0. The maximum absolute atomic E-state index is 13.2. The molecule has 1 aliphatic rings. The minimum Gasteiger partial charge on any atom is -0.326 e. The van der Waals surface area contributed by atoms with Gasteiger partial charge in [0.1, 0.15) is 0 Å². The van der Waals surface area contributed by atoms with Crippen molar-refractivity contribution in [1.82, 2.24) is 4.90 Å². The zero-order valence-electron chi connectivity index (χ0n) is 18.0. The first kappa shape index (κ1) is 23.3. The van der Waals surface area contributed by atoms with Crippen molar-refractivity contribution in [2.24, 2.45) is 11.8 Å². The number of halogens is 3. The summed E-state index contributed by atoms with van der Waals surface area (Å²) in [6.07, 6.45) is 0.347. The molecule has 0 aromatic heterocycles. The predicted molar refractivity (Wildman–Crippen MR) is 118 cm³/mol. The Kier molecular flexibility index (Phi) is 8.13. The van der Waals surface area contributed by atoms with Gasteiger partial charge in [0.15, 0.2) is 0 Å². The number of hydrogen-bond donors (Lipinski definition) is 1. The van der Waals surface area contributed by atoms with E-state index in [9.17, 15) is 18.0 Å². The van der Waals surface area contributed by atoms with Crippen LogP contribution in [0.3, 0.4) is 0 Å². The molecule has 1 heterocycles. The molecule has 3 nitrogen and oxygen atoms in total. The number of carbonyl (C=O) groups is 1. The highest BCUT2D eigenvalue weighted by molar-refractivity contribution is 5.93. The summed E-state index contributed by atoms with van der Waals surface area (Å²) in [5, 5.41) is 2.77. The van der Waals surface area contributed by atoms with Crippen LogP contribution < -0.4 is 5.32 Å². The van der Waals surface area contributed by atoms with Gasteiger partial charge in [-0.2, -0.15) is 13.2 Å². The van der Waals surface area contributed by atoms with Crippen LogP contribution in [-0.4, -0.2) is 30.4 Å². The van der Waals surface area contributed by atoms with E-state index in [1.807, 2.05) is 30.3 Å². The van der Waals surface area contributed by atoms with Gasteiger partial charge in [-0.3, -0.25) is 4.79 Å². The van der Waals surface area contributed by atoms with E-state index >= 15 is 0 Å². The molecule has 1 fully saturated rings. The van der Waals surface area contributed by atoms with Crippen molar-refractivity contribution in [3.8, 4) is 0 Å². The molecule has 0 bridgehead atoms. The summed E-state index contributed by atoms with van der Waals surface area (Å²) in [7, 11) is 0. The number of carbonyl (C=O) groups excluding carboxylic acids is 1. The van der Waals surface area contributed by atoms with E-state index in [0.717, 1.165) is 56.6 Å². The van der Waals surface area contributed by atoms with Crippen LogP contribution in [0.1, 0.15) is 43.7 Å². The van der Waals surface area contributed by atoms with Gasteiger partial charge in [-0.1, -0.05) is 49.7 Å². The van der Waals surface area contributed by atoms with Gasteiger partial charge in [-0.15, -0.1) is 0 Å². The van der Waals surface area contributed by atoms with Crippen molar-refractivity contribution in [2.75, 3.05) is 25.0 Å². The number of likely N-dealkylation sites (tertiary alicyclic amines) is 1. The van der Waals surface area contributed by atoms with Crippen molar-refractivity contribution >= 4 is 11.6 Å². The van der Waals surface area contributed by atoms with E-state index in [-0.39, 0.29) is 23.4 Å². The molecule has 168 valence electrons. The second-order valence-electron chi connectivity index (χ2n) is 8.40. The number of rotatable bonds is 8. The second-order valence-corrected chi connectivity index (χ2v) is 8.40. The summed E-state index contributed by atoms with van der Waals surface area (Å²) in [6, 6.07) is 14.7. The fourth-order valence-corrected chi connectivity index (χ4v) is 4.31. The average Bonchev–Trinajstić information content (AvgIpc) is 2.77. The fraction of sp³-hybridized carbons (Fsp3) is 0.480. The second kappa shape index (κ2) is 10.8. The molecule has 2 aromatic carbocycles. The lowest BCUT2D eigenvalue weighted by Crippen LogP contribution is -2.40. The third-order valence-electron chi connectivity index (χ3n) is 6.12. The van der Waals surface area contributed by atoms with Gasteiger partial charge in [0.05, 0.1) is 5.56 Å².